The summed E-state index contributed by atoms with van der Waals surface area (Å²) in [6.07, 6.45) is -0.391. The van der Waals surface area contributed by atoms with Gasteiger partial charge in [0.25, 0.3) is 0 Å². The molecule has 3 nitrogen and oxygen atoms in total. The van der Waals surface area contributed by atoms with Crippen molar-refractivity contribution in [3.05, 3.63) is 63.6 Å². The Morgan fingerprint density at radius 3 is 2.45 bits per heavy atom. The van der Waals surface area contributed by atoms with Gasteiger partial charge in [0, 0.05) is 28.7 Å². The highest BCUT2D eigenvalue weighted by Gasteiger charge is 2.06. The van der Waals surface area contributed by atoms with E-state index in [1.165, 1.54) is 0 Å². The van der Waals surface area contributed by atoms with Crippen LogP contribution < -0.4 is 10.1 Å². The fourth-order valence-corrected chi connectivity index (χ4v) is 2.31. The summed E-state index contributed by atoms with van der Waals surface area (Å²) in [5.41, 5.74) is 2.00. The van der Waals surface area contributed by atoms with Crippen molar-refractivity contribution in [2.45, 2.75) is 26.2 Å². The Labute approximate surface area is 140 Å². The molecule has 0 aliphatic carbocycles. The molecule has 118 valence electrons. The van der Waals surface area contributed by atoms with Crippen molar-refractivity contribution in [1.82, 2.24) is 5.32 Å². The van der Waals surface area contributed by atoms with E-state index in [1.54, 1.807) is 13.0 Å². The minimum Gasteiger partial charge on any atom is -0.489 e. The minimum absolute atomic E-state index is 0.391. The lowest BCUT2D eigenvalue weighted by atomic mass is 10.2. The number of rotatable bonds is 7. The van der Waals surface area contributed by atoms with Gasteiger partial charge in [0.1, 0.15) is 12.4 Å². The Kier molecular flexibility index (Phi) is 6.52. The molecule has 5 heteroatoms. The summed E-state index contributed by atoms with van der Waals surface area (Å²) in [5, 5.41) is 13.8. The number of nitrogens with one attached hydrogen (secondary N) is 1. The molecule has 0 fully saturated rings. The number of aliphatic hydroxyl groups is 1. The van der Waals surface area contributed by atoms with E-state index in [4.69, 9.17) is 27.9 Å². The third kappa shape index (κ3) is 5.50. The Morgan fingerprint density at radius 1 is 1.09 bits per heavy atom. The van der Waals surface area contributed by atoms with Crippen LogP contribution in [0.5, 0.6) is 5.75 Å². The summed E-state index contributed by atoms with van der Waals surface area (Å²) in [6, 6.07) is 13.1. The number of halogens is 2. The molecule has 2 rings (SSSR count). The molecule has 0 saturated carbocycles. The van der Waals surface area contributed by atoms with E-state index in [9.17, 15) is 5.11 Å². The number of hydrogen-bond acceptors (Lipinski definition) is 3. The summed E-state index contributed by atoms with van der Waals surface area (Å²) in [7, 11) is 0. The van der Waals surface area contributed by atoms with Gasteiger partial charge < -0.3 is 15.2 Å². The van der Waals surface area contributed by atoms with Crippen LogP contribution in [-0.2, 0) is 13.2 Å². The Balaban J connectivity index is 2.01. The monoisotopic (exact) mass is 339 g/mol. The van der Waals surface area contributed by atoms with Crippen LogP contribution in [-0.4, -0.2) is 17.8 Å². The molecule has 1 atom stereocenters. The molecule has 0 aliphatic heterocycles. The molecule has 1 unspecified atom stereocenters. The molecule has 0 saturated heterocycles. The summed E-state index contributed by atoms with van der Waals surface area (Å²) in [6.45, 7) is 3.30. The van der Waals surface area contributed by atoms with E-state index < -0.39 is 6.10 Å². The molecular weight excluding hydrogens is 321 g/mol. The highest BCUT2D eigenvalue weighted by atomic mass is 35.5. The molecule has 22 heavy (non-hydrogen) atoms. The Hall–Kier alpha value is -1.26. The Morgan fingerprint density at radius 2 is 1.77 bits per heavy atom. The third-order valence-electron chi connectivity index (χ3n) is 3.09. The van der Waals surface area contributed by atoms with Crippen molar-refractivity contribution >= 4 is 23.2 Å². The van der Waals surface area contributed by atoms with E-state index in [-0.39, 0.29) is 0 Å². The van der Waals surface area contributed by atoms with Gasteiger partial charge in [-0.15, -0.1) is 0 Å². The maximum Gasteiger partial charge on any atom is 0.124 e. The predicted octanol–water partition coefficient (Wildman–Crippen LogP) is 4.04. The second kappa shape index (κ2) is 8.39. The van der Waals surface area contributed by atoms with E-state index in [0.29, 0.717) is 29.7 Å². The quantitative estimate of drug-likeness (QED) is 0.799. The molecule has 2 N–H and O–H groups in total. The second-order valence-electron chi connectivity index (χ2n) is 5.15. The summed E-state index contributed by atoms with van der Waals surface area (Å²) >= 11 is 11.9. The van der Waals surface area contributed by atoms with Gasteiger partial charge in [0.05, 0.1) is 6.10 Å². The molecule has 0 amide bonds. The van der Waals surface area contributed by atoms with Crippen LogP contribution in [0.4, 0.5) is 0 Å². The summed E-state index contributed by atoms with van der Waals surface area (Å²) in [5.74, 6) is 0.775. The number of benzene rings is 2. The molecule has 0 aliphatic rings. The van der Waals surface area contributed by atoms with Crippen LogP contribution in [0.15, 0.2) is 42.5 Å². The lowest BCUT2D eigenvalue weighted by molar-refractivity contribution is 0.190. The normalized spacial score (nSPS) is 12.2. The first-order valence-electron chi connectivity index (χ1n) is 7.09. The number of aliphatic hydroxyl groups excluding tert-OH is 1. The van der Waals surface area contributed by atoms with Crippen LogP contribution in [0.25, 0.3) is 0 Å². The molecule has 0 bridgehead atoms. The van der Waals surface area contributed by atoms with Crippen molar-refractivity contribution < 1.29 is 9.84 Å². The molecule has 0 aromatic heterocycles. The lowest BCUT2D eigenvalue weighted by Crippen LogP contribution is -2.24. The highest BCUT2D eigenvalue weighted by molar-refractivity contribution is 6.30. The average molecular weight is 340 g/mol. The van der Waals surface area contributed by atoms with Gasteiger partial charge in [-0.2, -0.15) is 0 Å². The smallest absolute Gasteiger partial charge is 0.124 e. The van der Waals surface area contributed by atoms with Crippen LogP contribution in [0.1, 0.15) is 18.1 Å². The van der Waals surface area contributed by atoms with Crippen LogP contribution in [0, 0.1) is 0 Å². The zero-order valence-electron chi connectivity index (χ0n) is 12.4. The first-order chi connectivity index (χ1) is 10.5. The van der Waals surface area contributed by atoms with Gasteiger partial charge in [-0.25, -0.2) is 0 Å². The zero-order valence-corrected chi connectivity index (χ0v) is 13.9. The number of ether oxygens (including phenoxy) is 1. The summed E-state index contributed by atoms with van der Waals surface area (Å²) in [4.78, 5) is 0. The largest absolute Gasteiger partial charge is 0.489 e. The number of hydrogen-bond donors (Lipinski definition) is 2. The SMILES string of the molecule is CC(O)CNCc1cc(Cl)ccc1OCc1ccc(Cl)cc1. The average Bonchev–Trinajstić information content (AvgIpc) is 2.48. The van der Waals surface area contributed by atoms with E-state index in [1.807, 2.05) is 36.4 Å². The van der Waals surface area contributed by atoms with Crippen LogP contribution in [0.3, 0.4) is 0 Å². The molecule has 0 spiro atoms. The van der Waals surface area contributed by atoms with E-state index in [0.717, 1.165) is 16.9 Å². The lowest BCUT2D eigenvalue weighted by Gasteiger charge is -2.13. The minimum atomic E-state index is -0.391. The van der Waals surface area contributed by atoms with Crippen molar-refractivity contribution in [3.8, 4) is 5.75 Å². The molecule has 0 heterocycles. The van der Waals surface area contributed by atoms with Crippen LogP contribution >= 0.6 is 23.2 Å². The van der Waals surface area contributed by atoms with Crippen molar-refractivity contribution in [1.29, 1.82) is 0 Å². The van der Waals surface area contributed by atoms with Gasteiger partial charge in [0.15, 0.2) is 0 Å². The standard InChI is InChI=1S/C17H19Cl2NO2/c1-12(21)9-20-10-14-8-16(19)6-7-17(14)22-11-13-2-4-15(18)5-3-13/h2-8,12,20-21H,9-11H2,1H3. The van der Waals surface area contributed by atoms with Gasteiger partial charge in [-0.1, -0.05) is 35.3 Å². The van der Waals surface area contributed by atoms with E-state index in [2.05, 4.69) is 5.32 Å². The van der Waals surface area contributed by atoms with Gasteiger partial charge in [-0.05, 0) is 42.8 Å². The van der Waals surface area contributed by atoms with Crippen molar-refractivity contribution in [2.75, 3.05) is 6.54 Å². The van der Waals surface area contributed by atoms with Gasteiger partial charge in [-0.3, -0.25) is 0 Å². The fourth-order valence-electron chi connectivity index (χ4n) is 1.98. The van der Waals surface area contributed by atoms with Gasteiger partial charge in [0.2, 0.25) is 0 Å². The van der Waals surface area contributed by atoms with Gasteiger partial charge >= 0.3 is 0 Å². The fraction of sp³-hybridized carbons (Fsp3) is 0.294. The molecule has 0 radical (unpaired) electrons. The first-order valence-corrected chi connectivity index (χ1v) is 7.84. The van der Waals surface area contributed by atoms with Crippen LogP contribution in [0.2, 0.25) is 10.0 Å². The molecule has 2 aromatic rings. The predicted molar refractivity (Wildman–Crippen MR) is 90.6 cm³/mol. The first kappa shape index (κ1) is 17.1. The molecule has 2 aromatic carbocycles. The topological polar surface area (TPSA) is 41.5 Å². The van der Waals surface area contributed by atoms with Crippen molar-refractivity contribution in [2.24, 2.45) is 0 Å². The third-order valence-corrected chi connectivity index (χ3v) is 3.57. The van der Waals surface area contributed by atoms with E-state index >= 15 is 0 Å². The maximum absolute atomic E-state index is 9.30. The highest BCUT2D eigenvalue weighted by Crippen LogP contribution is 2.24. The Bertz CT molecular complexity index is 600. The van der Waals surface area contributed by atoms with Crippen molar-refractivity contribution in [3.63, 3.8) is 0 Å². The zero-order chi connectivity index (χ0) is 15.9. The maximum atomic E-state index is 9.30. The molecular formula is C17H19Cl2NO2. The summed E-state index contributed by atoms with van der Waals surface area (Å²) < 4.78 is 5.87. The second-order valence-corrected chi connectivity index (χ2v) is 6.02.